The Labute approximate surface area is 588 Å². The Balaban J connectivity index is 7.77. The molecule has 0 saturated heterocycles. The highest BCUT2D eigenvalue weighted by molar-refractivity contribution is 5.99. The van der Waals surface area contributed by atoms with Crippen molar-refractivity contribution < 1.29 is 57.8 Å². The summed E-state index contributed by atoms with van der Waals surface area (Å²) in [6, 6.07) is -13.9. The Morgan fingerprint density at radius 2 is 0.402 bits per heavy atom. The lowest BCUT2D eigenvalue weighted by atomic mass is 10.0. The molecule has 47 heteroatoms. The Hall–Kier alpha value is -11.7. The van der Waals surface area contributed by atoms with Crippen molar-refractivity contribution in [2.45, 2.75) is 170 Å². The highest BCUT2D eigenvalue weighted by Crippen LogP contribution is 2.12. The van der Waals surface area contributed by atoms with Crippen LogP contribution in [0.25, 0.3) is 0 Å². The van der Waals surface area contributed by atoms with Gasteiger partial charge in [0, 0.05) is 58.8 Å². The monoisotopic (exact) mass is 1450 g/mol. The molecule has 0 aromatic carbocycles. The zero-order valence-electron chi connectivity index (χ0n) is 57.2. The largest absolute Gasteiger partial charge is 0.480 e. The molecule has 0 bridgehead atoms. The van der Waals surface area contributed by atoms with Gasteiger partial charge in [0.2, 0.25) is 59.1 Å². The van der Waals surface area contributed by atoms with Crippen LogP contribution in [0.3, 0.4) is 0 Å². The van der Waals surface area contributed by atoms with Gasteiger partial charge in [-0.1, -0.05) is 0 Å². The molecule has 0 unspecified atom stereocenters. The quantitative estimate of drug-likeness (QED) is 0.0153. The summed E-state index contributed by atoms with van der Waals surface area (Å²) in [6.45, 7) is -0.872. The lowest BCUT2D eigenvalue weighted by Crippen LogP contribution is -2.60. The number of guanidine groups is 8. The number of amides is 10. The minimum absolute atomic E-state index is 0.00521. The van der Waals surface area contributed by atoms with Crippen LogP contribution in [0.1, 0.15) is 116 Å². The maximum absolute atomic E-state index is 14.8. The maximum Gasteiger partial charge on any atom is 0.326 e. The Morgan fingerprint density at radius 1 is 0.245 bits per heavy atom. The number of hydrogen-bond acceptors (Lipinski definition) is 20. The van der Waals surface area contributed by atoms with Gasteiger partial charge in [-0.3, -0.25) is 87.9 Å². The van der Waals surface area contributed by atoms with Crippen LogP contribution < -0.4 is 151 Å². The molecule has 0 aliphatic carbocycles. The van der Waals surface area contributed by atoms with Crippen molar-refractivity contribution in [3.8, 4) is 0 Å². The molecule has 0 heterocycles. The number of carbonyl (C=O) groups excluding carboxylic acids is 10. The summed E-state index contributed by atoms with van der Waals surface area (Å²) in [4.78, 5) is 184. The number of aliphatic imine (C=N–C) groups is 8. The van der Waals surface area contributed by atoms with E-state index < -0.39 is 139 Å². The molecule has 0 aliphatic heterocycles. The molecule has 0 rings (SSSR count). The first-order chi connectivity index (χ1) is 48.1. The van der Waals surface area contributed by atoms with Crippen molar-refractivity contribution in [2.24, 2.45) is 143 Å². The second kappa shape index (κ2) is 51.5. The van der Waals surface area contributed by atoms with E-state index in [1.165, 1.54) is 0 Å². The SMILES string of the molecule is NCC(=O)N[C@@H](CCCN=C(N)N)C(=O)N[C@@H](CCCN=C(N)N)C(=O)N[C@@H](CCCN=C(N)N)C(=O)N[C@@H](CCCN=C(N)N)C(=O)N[C@@H](CCCN=C(N)N)C(=O)N[C@@H](CCC(N)=O)C(=O)N[C@@H](CCCN=C(N)N)C(=O)N[C@@H](CCCN=C(N)N)C(=O)N[C@@H](CCCN=C(N)N)C(=O)O. The molecule has 0 spiro atoms. The van der Waals surface area contributed by atoms with Crippen LogP contribution in [0.15, 0.2) is 39.9 Å². The van der Waals surface area contributed by atoms with Crippen molar-refractivity contribution in [2.75, 3.05) is 58.9 Å². The van der Waals surface area contributed by atoms with Crippen molar-refractivity contribution in [1.29, 1.82) is 0 Å². The molecule has 0 saturated carbocycles. The minimum Gasteiger partial charge on any atom is -0.480 e. The van der Waals surface area contributed by atoms with E-state index in [2.05, 4.69) is 87.8 Å². The van der Waals surface area contributed by atoms with Crippen LogP contribution in [0.4, 0.5) is 0 Å². The number of aliphatic carboxylic acids is 1. The first-order valence-corrected chi connectivity index (χ1v) is 32.4. The number of nitrogens with one attached hydrogen (secondary N) is 9. The van der Waals surface area contributed by atoms with Gasteiger partial charge in [-0.15, -0.1) is 0 Å². The number of nitrogens with two attached hydrogens (primary N) is 18. The molecule has 576 valence electrons. The second-order valence-electron chi connectivity index (χ2n) is 22.7. The van der Waals surface area contributed by atoms with Crippen LogP contribution in [0.2, 0.25) is 0 Å². The Kier molecular flexibility index (Phi) is 45.6. The van der Waals surface area contributed by atoms with Gasteiger partial charge in [0.25, 0.3) is 0 Å². The number of hydrogen-bond donors (Lipinski definition) is 28. The standard InChI is InChI=1S/C55H109N35O12/c56-27-38(92)82-28(9-1-19-74-48(58)59)39(93)83-29(10-2-20-75-49(60)61)40(94)84-30(11-3-21-76-50(62)63)41(95)85-31(12-4-22-77-51(64)65)42(96)86-33(14-6-24-79-53(68)69)44(98)89-35(17-18-37(57)91)46(100)88-32(13-5-23-78-52(66)67)43(97)87-34(15-7-25-80-54(70)71)45(99)90-36(47(101)102)16-8-26-81-55(72)73/h28-36H,1-27,56H2,(H2,57,91)(H,82,92)(H,83,93)(H,84,94)(H,85,95)(H,86,96)(H,87,97)(H,88,100)(H,89,98)(H,90,99)(H,101,102)(H4,58,59,74)(H4,60,61,75)(H4,62,63,76)(H4,64,65,77)(H4,66,67,78)(H4,68,69,79)(H4,70,71,80)(H4,72,73,81)/t28-,29-,30-,31-,32-,33-,34-,35-,36-/m0/s1. The summed E-state index contributed by atoms with van der Waals surface area (Å²) in [5, 5.41) is 32.8. The second-order valence-corrected chi connectivity index (χ2v) is 22.7. The smallest absolute Gasteiger partial charge is 0.326 e. The fourth-order valence-corrected chi connectivity index (χ4v) is 9.15. The molecule has 0 radical (unpaired) electrons. The average molecular weight is 1450 g/mol. The summed E-state index contributed by atoms with van der Waals surface area (Å²) in [7, 11) is 0. The molecule has 0 aromatic heterocycles. The first kappa shape index (κ1) is 90.3. The zero-order chi connectivity index (χ0) is 77.3. The third-order valence-electron chi connectivity index (χ3n) is 14.1. The summed E-state index contributed by atoms with van der Waals surface area (Å²) in [5.74, 6) is -13.4. The van der Waals surface area contributed by atoms with Crippen molar-refractivity contribution in [1.82, 2.24) is 47.9 Å². The Bertz CT molecular complexity index is 2950. The van der Waals surface area contributed by atoms with Gasteiger partial charge in [0.05, 0.1) is 6.54 Å². The van der Waals surface area contributed by atoms with E-state index in [1.54, 1.807) is 0 Å². The number of rotatable bonds is 54. The van der Waals surface area contributed by atoms with Crippen LogP contribution in [-0.4, -0.2) is 231 Å². The van der Waals surface area contributed by atoms with E-state index in [9.17, 15) is 57.8 Å². The third kappa shape index (κ3) is 44.3. The molecule has 47 nitrogen and oxygen atoms in total. The number of primary amides is 1. The molecule has 46 N–H and O–H groups in total. The van der Waals surface area contributed by atoms with E-state index in [4.69, 9.17) is 103 Å². The zero-order valence-corrected chi connectivity index (χ0v) is 57.2. The minimum atomic E-state index is -1.74. The molecule has 10 amide bonds. The lowest BCUT2D eigenvalue weighted by molar-refractivity contribution is -0.142. The van der Waals surface area contributed by atoms with Gasteiger partial charge in [-0.05, 0) is 109 Å². The predicted octanol–water partition coefficient (Wildman–Crippen LogP) is -13.9. The fraction of sp³-hybridized carbons (Fsp3) is 0.655. The van der Waals surface area contributed by atoms with Crippen molar-refractivity contribution in [3.05, 3.63) is 0 Å². The maximum atomic E-state index is 14.8. The van der Waals surface area contributed by atoms with Crippen molar-refractivity contribution in [3.63, 3.8) is 0 Å². The normalized spacial score (nSPS) is 13.2. The van der Waals surface area contributed by atoms with Gasteiger partial charge in [0.15, 0.2) is 47.7 Å². The lowest BCUT2D eigenvalue weighted by Gasteiger charge is -2.28. The Morgan fingerprint density at radius 3 is 0.559 bits per heavy atom. The van der Waals surface area contributed by atoms with Crippen molar-refractivity contribution >= 4 is 113 Å². The van der Waals surface area contributed by atoms with E-state index in [-0.39, 0.29) is 203 Å². The van der Waals surface area contributed by atoms with E-state index >= 15 is 0 Å². The number of nitrogens with zero attached hydrogens (tertiary/aromatic N) is 8. The molecule has 0 aromatic rings. The summed E-state index contributed by atoms with van der Waals surface area (Å²) in [6.07, 6.45) is -2.23. The van der Waals surface area contributed by atoms with Crippen LogP contribution in [-0.2, 0) is 52.7 Å². The summed E-state index contributed by atoms with van der Waals surface area (Å²) >= 11 is 0. The summed E-state index contributed by atoms with van der Waals surface area (Å²) in [5.41, 5.74) is 99.3. The van der Waals surface area contributed by atoms with Gasteiger partial charge < -0.3 is 156 Å². The third-order valence-corrected chi connectivity index (χ3v) is 14.1. The molecule has 0 fully saturated rings. The van der Waals surface area contributed by atoms with Gasteiger partial charge in [0.1, 0.15) is 54.4 Å². The number of carboxylic acids is 1. The molecule has 9 atom stereocenters. The number of carbonyl (C=O) groups is 11. The van der Waals surface area contributed by atoms with Crippen LogP contribution in [0.5, 0.6) is 0 Å². The average Bonchev–Trinajstić information content (AvgIpc) is 0.862. The number of carboxylic acid groups (broad SMARTS) is 1. The highest BCUT2D eigenvalue weighted by atomic mass is 16.4. The fourth-order valence-electron chi connectivity index (χ4n) is 9.15. The van der Waals surface area contributed by atoms with Crippen LogP contribution >= 0.6 is 0 Å². The molecular weight excluding hydrogens is 1340 g/mol. The van der Waals surface area contributed by atoms with E-state index in [0.717, 1.165) is 0 Å². The van der Waals surface area contributed by atoms with E-state index in [1.807, 2.05) is 0 Å². The molecular formula is C55H109N35O12. The van der Waals surface area contributed by atoms with E-state index in [0.29, 0.717) is 0 Å². The first-order valence-electron chi connectivity index (χ1n) is 32.4. The topological polar surface area (TPSA) is 884 Å². The van der Waals surface area contributed by atoms with Gasteiger partial charge in [-0.25, -0.2) is 4.79 Å². The molecule has 102 heavy (non-hydrogen) atoms. The van der Waals surface area contributed by atoms with Crippen LogP contribution in [0, 0.1) is 0 Å². The van der Waals surface area contributed by atoms with Gasteiger partial charge in [-0.2, -0.15) is 0 Å². The molecule has 0 aliphatic rings. The predicted molar refractivity (Wildman–Crippen MR) is 382 cm³/mol. The highest BCUT2D eigenvalue weighted by Gasteiger charge is 2.36. The summed E-state index contributed by atoms with van der Waals surface area (Å²) < 4.78 is 0. The van der Waals surface area contributed by atoms with Gasteiger partial charge >= 0.3 is 5.97 Å².